The summed E-state index contributed by atoms with van der Waals surface area (Å²) in [5.74, 6) is 2.41. The third kappa shape index (κ3) is 9.07. The van der Waals surface area contributed by atoms with Crippen molar-refractivity contribution < 1.29 is 0 Å². The predicted molar refractivity (Wildman–Crippen MR) is 210 cm³/mol. The topological polar surface area (TPSA) is 63.8 Å². The molecule has 48 heavy (non-hydrogen) atoms. The third-order valence-corrected chi connectivity index (χ3v) is 10.2. The summed E-state index contributed by atoms with van der Waals surface area (Å²) >= 11 is 24.4. The minimum atomic E-state index is 0.602. The van der Waals surface area contributed by atoms with E-state index >= 15 is 0 Å². The van der Waals surface area contributed by atoms with Gasteiger partial charge in [-0.2, -0.15) is 0 Å². The van der Waals surface area contributed by atoms with E-state index in [9.17, 15) is 0 Å². The first-order chi connectivity index (χ1) is 23.2. The van der Waals surface area contributed by atoms with Crippen molar-refractivity contribution in [2.75, 3.05) is 62.8 Å². The zero-order chi connectivity index (χ0) is 34.2. The molecule has 5 heterocycles. The molecule has 0 saturated heterocycles. The van der Waals surface area contributed by atoms with Crippen LogP contribution in [0.25, 0.3) is 44.9 Å². The van der Waals surface area contributed by atoms with Crippen LogP contribution in [-0.2, 0) is 6.42 Å². The van der Waals surface area contributed by atoms with E-state index in [1.165, 1.54) is 27.8 Å². The van der Waals surface area contributed by atoms with Crippen molar-refractivity contribution in [2.45, 2.75) is 53.4 Å². The molecular weight excluding hydrogens is 682 g/mol. The quantitative estimate of drug-likeness (QED) is 0.144. The maximum Gasteiger partial charge on any atom is 0.0693 e. The van der Waals surface area contributed by atoms with E-state index in [2.05, 4.69) is 83.9 Å². The van der Waals surface area contributed by atoms with Crippen LogP contribution in [0.4, 0.5) is 0 Å². The molecule has 0 aliphatic carbocycles. The highest BCUT2D eigenvalue weighted by atomic mass is 35.5. The van der Waals surface area contributed by atoms with Crippen LogP contribution in [0.2, 0.25) is 0 Å². The summed E-state index contributed by atoms with van der Waals surface area (Å²) in [4.78, 5) is 22.4. The van der Waals surface area contributed by atoms with Gasteiger partial charge in [-0.25, -0.2) is 9.97 Å². The Morgan fingerprint density at radius 2 is 1.25 bits per heavy atom. The van der Waals surface area contributed by atoms with Crippen LogP contribution >= 0.6 is 46.4 Å². The molecule has 0 unspecified atom stereocenters. The number of alkyl halides is 4. The predicted octanol–water partition coefficient (Wildman–Crippen LogP) is 9.69. The zero-order valence-electron chi connectivity index (χ0n) is 28.7. The number of hydrogen-bond donors (Lipinski definition) is 2. The van der Waals surface area contributed by atoms with Gasteiger partial charge in [0.25, 0.3) is 0 Å². The Morgan fingerprint density at radius 3 is 1.90 bits per heavy atom. The average molecular weight is 731 g/mol. The Hall–Kier alpha value is -2.32. The van der Waals surface area contributed by atoms with Crippen LogP contribution in [0.15, 0.2) is 30.3 Å². The van der Waals surface area contributed by atoms with Crippen LogP contribution < -0.4 is 0 Å². The standard InChI is InChI=1S/C38H48Cl4N6/c1-25-19-30-22-35-27(3)31(7-5-13-47(15-9-39)16-10-40)37(45-35)24-38-32(8-6-14-48(17-11-41)18-12-42)28(4)36(46-38)23-34-26(2)20-29(44-34)21-33(25)43-30/h19-24,43,45H,5-18H2,1-4H3. The number of nitrogens with one attached hydrogen (secondary N) is 2. The molecule has 0 amide bonds. The molecule has 2 N–H and O–H groups in total. The zero-order valence-corrected chi connectivity index (χ0v) is 31.7. The number of fused-ring (bicyclic) bond motifs is 8. The summed E-state index contributed by atoms with van der Waals surface area (Å²) < 4.78 is 0. The molecule has 258 valence electrons. The number of aromatic nitrogens is 4. The van der Waals surface area contributed by atoms with Crippen molar-refractivity contribution in [3.05, 3.63) is 69.8 Å². The van der Waals surface area contributed by atoms with Gasteiger partial charge >= 0.3 is 0 Å². The first-order valence-corrected chi connectivity index (χ1v) is 19.2. The lowest BCUT2D eigenvalue weighted by atomic mass is 10.00. The second kappa shape index (κ2) is 17.6. The van der Waals surface area contributed by atoms with E-state index in [4.69, 9.17) is 56.4 Å². The summed E-state index contributed by atoms with van der Waals surface area (Å²) in [5.41, 5.74) is 15.6. The van der Waals surface area contributed by atoms with Gasteiger partial charge in [0.2, 0.25) is 0 Å². The number of aromatic amines is 2. The largest absolute Gasteiger partial charge is 0.355 e. The fraction of sp³-hybridized carbons (Fsp3) is 0.474. The molecule has 2 aliphatic heterocycles. The summed E-state index contributed by atoms with van der Waals surface area (Å²) in [5, 5.41) is 0. The number of allylic oxidation sites excluding steroid dienone is 3. The van der Waals surface area contributed by atoms with Gasteiger partial charge in [0.05, 0.1) is 22.8 Å². The lowest BCUT2D eigenvalue weighted by Crippen LogP contribution is -2.29. The number of halogens is 4. The molecule has 2 aliphatic rings. The summed E-state index contributed by atoms with van der Waals surface area (Å²) in [7, 11) is 0. The lowest BCUT2D eigenvalue weighted by Gasteiger charge is -2.20. The second-order valence-electron chi connectivity index (χ2n) is 12.8. The molecule has 8 bridgehead atoms. The van der Waals surface area contributed by atoms with Crippen LogP contribution in [0.5, 0.6) is 0 Å². The van der Waals surface area contributed by atoms with Gasteiger partial charge in [-0.15, -0.1) is 46.4 Å². The third-order valence-electron chi connectivity index (χ3n) is 9.48. The van der Waals surface area contributed by atoms with Gasteiger partial charge < -0.3 is 19.8 Å². The minimum Gasteiger partial charge on any atom is -0.355 e. The Bertz CT molecular complexity index is 1790. The highest BCUT2D eigenvalue weighted by Gasteiger charge is 2.19. The van der Waals surface area contributed by atoms with Gasteiger partial charge in [0, 0.05) is 71.8 Å². The van der Waals surface area contributed by atoms with Gasteiger partial charge in [0.1, 0.15) is 0 Å². The van der Waals surface area contributed by atoms with Gasteiger partial charge in [-0.1, -0.05) is 0 Å². The molecule has 0 spiro atoms. The minimum absolute atomic E-state index is 0.602. The van der Waals surface area contributed by atoms with E-state index in [-0.39, 0.29) is 0 Å². The lowest BCUT2D eigenvalue weighted by molar-refractivity contribution is 0.303. The average Bonchev–Trinajstić information content (AvgIpc) is 3.75. The van der Waals surface area contributed by atoms with Crippen molar-refractivity contribution in [1.82, 2.24) is 29.7 Å². The van der Waals surface area contributed by atoms with Gasteiger partial charge in [-0.05, 0) is 136 Å². The summed E-state index contributed by atoms with van der Waals surface area (Å²) in [6.07, 6.45) is 6.00. The molecule has 3 aromatic rings. The van der Waals surface area contributed by atoms with Gasteiger partial charge in [-0.3, -0.25) is 0 Å². The molecule has 0 atom stereocenters. The Morgan fingerprint density at radius 1 is 0.604 bits per heavy atom. The normalized spacial score (nSPS) is 13.3. The van der Waals surface area contributed by atoms with E-state index < -0.39 is 0 Å². The Labute approximate surface area is 305 Å². The number of H-pyrrole nitrogens is 2. The number of hydrogen-bond acceptors (Lipinski definition) is 4. The van der Waals surface area contributed by atoms with Crippen molar-refractivity contribution in [1.29, 1.82) is 0 Å². The van der Waals surface area contributed by atoms with Crippen molar-refractivity contribution in [2.24, 2.45) is 0 Å². The highest BCUT2D eigenvalue weighted by Crippen LogP contribution is 2.35. The Kier molecular flexibility index (Phi) is 13.5. The van der Waals surface area contributed by atoms with Crippen molar-refractivity contribution in [3.63, 3.8) is 0 Å². The maximum absolute atomic E-state index is 6.10. The molecule has 10 heteroatoms. The molecule has 0 radical (unpaired) electrons. The SMILES string of the molecule is CC1=Cc2cc3[nH]c(cc3C)cc3[nH]c(cc4nc(cc1n2)C(C)=C4CCCN(CCCl)CCCl)c(CCCN(CCCl)CCCl)c3C. The van der Waals surface area contributed by atoms with E-state index in [0.717, 1.165) is 115 Å². The molecule has 3 aromatic heterocycles. The number of rotatable bonds is 16. The molecule has 0 aromatic carbocycles. The van der Waals surface area contributed by atoms with E-state index in [1.54, 1.807) is 0 Å². The van der Waals surface area contributed by atoms with Crippen LogP contribution in [0, 0.1) is 13.8 Å². The molecular formula is C38H48Cl4N6. The first-order valence-electron chi connectivity index (χ1n) is 17.0. The Balaban J connectivity index is 1.65. The van der Waals surface area contributed by atoms with Crippen LogP contribution in [0.3, 0.4) is 0 Å². The highest BCUT2D eigenvalue weighted by molar-refractivity contribution is 6.18. The first kappa shape index (κ1) is 36.9. The second-order valence-corrected chi connectivity index (χ2v) is 14.3. The molecule has 6 nitrogen and oxygen atoms in total. The smallest absolute Gasteiger partial charge is 0.0693 e. The van der Waals surface area contributed by atoms with Crippen LogP contribution in [0.1, 0.15) is 72.6 Å². The van der Waals surface area contributed by atoms with E-state index in [0.29, 0.717) is 23.5 Å². The van der Waals surface area contributed by atoms with Crippen molar-refractivity contribution in [3.8, 4) is 0 Å². The van der Waals surface area contributed by atoms with Gasteiger partial charge in [0.15, 0.2) is 0 Å². The fourth-order valence-electron chi connectivity index (χ4n) is 6.75. The summed E-state index contributed by atoms with van der Waals surface area (Å²) in [6, 6.07) is 11.0. The number of aryl methyl sites for hydroxylation is 3. The number of nitrogens with zero attached hydrogens (tertiary/aromatic N) is 4. The van der Waals surface area contributed by atoms with Crippen LogP contribution in [-0.4, -0.2) is 92.5 Å². The fourth-order valence-corrected chi connectivity index (χ4v) is 7.71. The molecule has 5 rings (SSSR count). The van der Waals surface area contributed by atoms with E-state index in [1.807, 2.05) is 0 Å². The monoisotopic (exact) mass is 728 g/mol. The molecule has 0 fully saturated rings. The summed E-state index contributed by atoms with van der Waals surface area (Å²) in [6.45, 7) is 13.9. The maximum atomic E-state index is 6.10. The molecule has 0 saturated carbocycles. The van der Waals surface area contributed by atoms with Crippen molar-refractivity contribution >= 4 is 91.3 Å².